The van der Waals surface area contributed by atoms with Crippen molar-refractivity contribution >= 4 is 29.9 Å². The lowest BCUT2D eigenvalue weighted by molar-refractivity contribution is -0.117. The Balaban J connectivity index is 0.00000196. The van der Waals surface area contributed by atoms with Crippen molar-refractivity contribution in [1.29, 1.82) is 0 Å². The maximum atomic E-state index is 12.7. The molecule has 0 radical (unpaired) electrons. The van der Waals surface area contributed by atoms with Crippen molar-refractivity contribution in [2.45, 2.75) is 32.6 Å². The zero-order valence-corrected chi connectivity index (χ0v) is 16.1. The summed E-state index contributed by atoms with van der Waals surface area (Å²) in [6, 6.07) is 7.33. The number of rotatable bonds is 3. The Labute approximate surface area is 161 Å². The fourth-order valence-electron chi connectivity index (χ4n) is 4.21. The first kappa shape index (κ1) is 19.2. The second-order valence-electron chi connectivity index (χ2n) is 8.11. The van der Waals surface area contributed by atoms with E-state index in [1.807, 2.05) is 29.2 Å². The van der Waals surface area contributed by atoms with E-state index in [1.165, 1.54) is 6.42 Å². The summed E-state index contributed by atoms with van der Waals surface area (Å²) in [7, 11) is 0. The predicted molar refractivity (Wildman–Crippen MR) is 105 cm³/mol. The smallest absolute Gasteiger partial charge is 0.253 e. The van der Waals surface area contributed by atoms with Gasteiger partial charge in [0.15, 0.2) is 0 Å². The monoisotopic (exact) mass is 377 g/mol. The lowest BCUT2D eigenvalue weighted by Gasteiger charge is -2.38. The third-order valence-corrected chi connectivity index (χ3v) is 6.29. The van der Waals surface area contributed by atoms with E-state index in [0.29, 0.717) is 16.9 Å². The summed E-state index contributed by atoms with van der Waals surface area (Å²) in [4.78, 5) is 26.7. The summed E-state index contributed by atoms with van der Waals surface area (Å²) in [6.07, 6.45) is 4.41. The first-order chi connectivity index (χ1) is 12.1. The Bertz CT molecular complexity index is 660. The molecule has 5 nitrogen and oxygen atoms in total. The molecule has 1 saturated carbocycles. The molecule has 1 aliphatic carbocycles. The number of carbonyl (C=O) groups excluding carboxylic acids is 2. The van der Waals surface area contributed by atoms with Crippen molar-refractivity contribution in [2.24, 2.45) is 17.3 Å². The van der Waals surface area contributed by atoms with Gasteiger partial charge in [-0.25, -0.2) is 0 Å². The van der Waals surface area contributed by atoms with Crippen LogP contribution in [0.3, 0.4) is 0 Å². The van der Waals surface area contributed by atoms with Crippen LogP contribution in [-0.4, -0.2) is 42.9 Å². The summed E-state index contributed by atoms with van der Waals surface area (Å²) in [5.74, 6) is 0.859. The van der Waals surface area contributed by atoms with Crippen LogP contribution in [0.15, 0.2) is 24.3 Å². The number of likely N-dealkylation sites (tertiary alicyclic amines) is 1. The summed E-state index contributed by atoms with van der Waals surface area (Å²) in [5, 5.41) is 6.40. The molecule has 26 heavy (non-hydrogen) atoms. The molecule has 4 rings (SSSR count). The van der Waals surface area contributed by atoms with Gasteiger partial charge in [-0.05, 0) is 67.8 Å². The number of hydrogen-bond donors (Lipinski definition) is 2. The van der Waals surface area contributed by atoms with Crippen LogP contribution in [0.4, 0.5) is 5.69 Å². The summed E-state index contributed by atoms with van der Waals surface area (Å²) < 4.78 is 0. The SMILES string of the molecule is CC1CC1C(=O)Nc1ccc(C(=O)N2CCC3(CCNC3)CC2)cc1.Cl. The highest BCUT2D eigenvalue weighted by atomic mass is 35.5. The fraction of sp³-hybridized carbons (Fsp3) is 0.600. The number of halogens is 1. The molecule has 0 aromatic heterocycles. The van der Waals surface area contributed by atoms with E-state index in [1.54, 1.807) is 0 Å². The number of anilines is 1. The third kappa shape index (κ3) is 3.89. The van der Waals surface area contributed by atoms with Gasteiger partial charge in [0, 0.05) is 36.8 Å². The minimum Gasteiger partial charge on any atom is -0.339 e. The van der Waals surface area contributed by atoms with Gasteiger partial charge in [-0.2, -0.15) is 0 Å². The number of nitrogens with one attached hydrogen (secondary N) is 2. The molecule has 2 heterocycles. The largest absolute Gasteiger partial charge is 0.339 e. The van der Waals surface area contributed by atoms with Crippen LogP contribution in [-0.2, 0) is 4.79 Å². The van der Waals surface area contributed by atoms with Gasteiger partial charge in [0.2, 0.25) is 5.91 Å². The number of amides is 2. The molecule has 2 atom stereocenters. The van der Waals surface area contributed by atoms with Crippen LogP contribution in [0.2, 0.25) is 0 Å². The molecule has 2 unspecified atom stereocenters. The topological polar surface area (TPSA) is 61.4 Å². The van der Waals surface area contributed by atoms with Gasteiger partial charge in [-0.15, -0.1) is 12.4 Å². The maximum absolute atomic E-state index is 12.7. The highest BCUT2D eigenvalue weighted by Crippen LogP contribution is 2.39. The first-order valence-corrected chi connectivity index (χ1v) is 9.47. The number of carbonyl (C=O) groups is 2. The first-order valence-electron chi connectivity index (χ1n) is 9.47. The third-order valence-electron chi connectivity index (χ3n) is 6.29. The predicted octanol–water partition coefficient (Wildman–Crippen LogP) is 2.92. The second-order valence-corrected chi connectivity index (χ2v) is 8.11. The molecule has 1 spiro atoms. The zero-order chi connectivity index (χ0) is 17.4. The van der Waals surface area contributed by atoms with Gasteiger partial charge in [0.25, 0.3) is 5.91 Å². The van der Waals surface area contributed by atoms with Gasteiger partial charge >= 0.3 is 0 Å². The lowest BCUT2D eigenvalue weighted by atomic mass is 9.78. The Morgan fingerprint density at radius 1 is 1.15 bits per heavy atom. The van der Waals surface area contributed by atoms with E-state index in [2.05, 4.69) is 17.6 Å². The fourth-order valence-corrected chi connectivity index (χ4v) is 4.21. The van der Waals surface area contributed by atoms with Crippen LogP contribution in [0.25, 0.3) is 0 Å². The van der Waals surface area contributed by atoms with Crippen LogP contribution >= 0.6 is 12.4 Å². The van der Waals surface area contributed by atoms with Gasteiger partial charge in [0.1, 0.15) is 0 Å². The normalized spacial score (nSPS) is 26.3. The van der Waals surface area contributed by atoms with E-state index < -0.39 is 0 Å². The Hall–Kier alpha value is -1.59. The Morgan fingerprint density at radius 3 is 2.35 bits per heavy atom. The van der Waals surface area contributed by atoms with Crippen molar-refractivity contribution in [3.63, 3.8) is 0 Å². The highest BCUT2D eigenvalue weighted by molar-refractivity contribution is 5.97. The Morgan fingerprint density at radius 2 is 1.81 bits per heavy atom. The molecular weight excluding hydrogens is 350 g/mol. The van der Waals surface area contributed by atoms with Gasteiger partial charge in [-0.1, -0.05) is 6.92 Å². The molecule has 2 N–H and O–H groups in total. The van der Waals surface area contributed by atoms with Crippen molar-refractivity contribution in [1.82, 2.24) is 10.2 Å². The van der Waals surface area contributed by atoms with Crippen LogP contribution in [0, 0.1) is 17.3 Å². The number of nitrogens with zero attached hydrogens (tertiary/aromatic N) is 1. The minimum absolute atomic E-state index is 0. The summed E-state index contributed by atoms with van der Waals surface area (Å²) in [6.45, 7) is 6.00. The minimum atomic E-state index is 0. The average Bonchev–Trinajstić information content (AvgIpc) is 3.20. The molecule has 2 aliphatic heterocycles. The molecule has 2 amide bonds. The van der Waals surface area contributed by atoms with E-state index in [4.69, 9.17) is 0 Å². The number of benzene rings is 1. The molecule has 2 saturated heterocycles. The molecular formula is C20H28ClN3O2. The van der Waals surface area contributed by atoms with Gasteiger partial charge in [0.05, 0.1) is 0 Å². The summed E-state index contributed by atoms with van der Waals surface area (Å²) in [5.41, 5.74) is 1.90. The highest BCUT2D eigenvalue weighted by Gasteiger charge is 2.39. The molecule has 3 fully saturated rings. The van der Waals surface area contributed by atoms with E-state index in [9.17, 15) is 9.59 Å². The average molecular weight is 378 g/mol. The van der Waals surface area contributed by atoms with E-state index >= 15 is 0 Å². The molecule has 1 aromatic rings. The van der Waals surface area contributed by atoms with Crippen molar-refractivity contribution in [3.8, 4) is 0 Å². The molecule has 1 aromatic carbocycles. The molecule has 142 valence electrons. The number of hydrogen-bond acceptors (Lipinski definition) is 3. The molecule has 6 heteroatoms. The lowest BCUT2D eigenvalue weighted by Crippen LogP contribution is -2.44. The van der Waals surface area contributed by atoms with Gasteiger partial charge in [-0.3, -0.25) is 9.59 Å². The summed E-state index contributed by atoms with van der Waals surface area (Å²) >= 11 is 0. The zero-order valence-electron chi connectivity index (χ0n) is 15.3. The maximum Gasteiger partial charge on any atom is 0.253 e. The quantitative estimate of drug-likeness (QED) is 0.851. The molecule has 0 bridgehead atoms. The van der Waals surface area contributed by atoms with Crippen molar-refractivity contribution in [2.75, 3.05) is 31.5 Å². The standard InChI is InChI=1S/C20H27N3O2.ClH/c1-14-12-17(14)18(24)22-16-4-2-15(3-5-16)19(25)23-10-7-20(8-11-23)6-9-21-13-20;/h2-5,14,17,21H,6-13H2,1H3,(H,22,24);1H. The van der Waals surface area contributed by atoms with Crippen molar-refractivity contribution in [3.05, 3.63) is 29.8 Å². The van der Waals surface area contributed by atoms with Gasteiger partial charge < -0.3 is 15.5 Å². The van der Waals surface area contributed by atoms with E-state index in [-0.39, 0.29) is 30.1 Å². The molecule has 3 aliphatic rings. The second kappa shape index (κ2) is 7.57. The number of piperidine rings is 1. The van der Waals surface area contributed by atoms with Crippen LogP contribution in [0.5, 0.6) is 0 Å². The Kier molecular flexibility index (Phi) is 5.58. The van der Waals surface area contributed by atoms with Crippen LogP contribution in [0.1, 0.15) is 43.0 Å². The van der Waals surface area contributed by atoms with E-state index in [0.717, 1.165) is 51.1 Å². The van der Waals surface area contributed by atoms with Crippen molar-refractivity contribution < 1.29 is 9.59 Å². The van der Waals surface area contributed by atoms with Crippen LogP contribution < -0.4 is 10.6 Å².